The van der Waals surface area contributed by atoms with Crippen LogP contribution in [0.25, 0.3) is 12.2 Å². The Balaban J connectivity index is 1.81. The third kappa shape index (κ3) is 3.03. The lowest BCUT2D eigenvalue weighted by Crippen LogP contribution is -2.43. The summed E-state index contributed by atoms with van der Waals surface area (Å²) in [4.78, 5) is 15.6. The summed E-state index contributed by atoms with van der Waals surface area (Å²) in [5.41, 5.74) is 3.39. The number of likely N-dealkylation sites (N-methyl/N-ethyl adjacent to an activating group) is 1. The average molecular weight is 384 g/mol. The Morgan fingerprint density at radius 3 is 1.69 bits per heavy atom. The molecule has 2 aliphatic heterocycles. The molecule has 4 heteroatoms. The van der Waals surface area contributed by atoms with Gasteiger partial charge in [0.25, 0.3) is 0 Å². The molecule has 0 N–H and O–H groups in total. The Morgan fingerprint density at radius 1 is 0.846 bits per heavy atom. The van der Waals surface area contributed by atoms with Crippen molar-refractivity contribution in [3.05, 3.63) is 80.8 Å². The van der Waals surface area contributed by atoms with Gasteiger partial charge in [-0.2, -0.15) is 0 Å². The molecule has 0 spiro atoms. The van der Waals surface area contributed by atoms with E-state index in [1.165, 1.54) is 0 Å². The highest BCUT2D eigenvalue weighted by molar-refractivity contribution is 6.33. The van der Waals surface area contributed by atoms with Gasteiger partial charge in [0, 0.05) is 33.3 Å². The summed E-state index contributed by atoms with van der Waals surface area (Å²) in [6.07, 6.45) is 5.85. The van der Waals surface area contributed by atoms with Crippen molar-refractivity contribution in [3.63, 3.8) is 0 Å². The number of ketones is 1. The van der Waals surface area contributed by atoms with Gasteiger partial charge in [-0.15, -0.1) is 0 Å². The zero-order valence-corrected chi connectivity index (χ0v) is 16.0. The molecular formula is C22H19Cl2NO. The largest absolute Gasteiger partial charge is 0.292 e. The summed E-state index contributed by atoms with van der Waals surface area (Å²) in [5, 5.41) is 1.32. The smallest absolute Gasteiger partial charge is 0.188 e. The van der Waals surface area contributed by atoms with Gasteiger partial charge in [0.05, 0.1) is 0 Å². The SMILES string of the molecule is CN1[C@H]2CC[C@H]1/C(=C\c1ccccc1Cl)C(=O)/C2=C/c1ccccc1Cl. The Morgan fingerprint density at radius 2 is 1.27 bits per heavy atom. The van der Waals surface area contributed by atoms with Gasteiger partial charge in [-0.3, -0.25) is 9.69 Å². The van der Waals surface area contributed by atoms with Gasteiger partial charge >= 0.3 is 0 Å². The maximum Gasteiger partial charge on any atom is 0.188 e. The van der Waals surface area contributed by atoms with Gasteiger partial charge in [-0.05, 0) is 55.3 Å². The molecule has 0 aromatic heterocycles. The Labute approximate surface area is 163 Å². The van der Waals surface area contributed by atoms with Crippen molar-refractivity contribution in [2.75, 3.05) is 7.05 Å². The van der Waals surface area contributed by atoms with Gasteiger partial charge in [-0.25, -0.2) is 0 Å². The van der Waals surface area contributed by atoms with Crippen LogP contribution in [0.4, 0.5) is 0 Å². The minimum absolute atomic E-state index is 0.107. The van der Waals surface area contributed by atoms with Crippen LogP contribution in [0.3, 0.4) is 0 Å². The molecule has 2 atom stereocenters. The van der Waals surface area contributed by atoms with E-state index in [9.17, 15) is 4.79 Å². The summed E-state index contributed by atoms with van der Waals surface area (Å²) in [6, 6.07) is 15.6. The minimum atomic E-state index is 0.107. The molecule has 0 unspecified atom stereocenters. The van der Waals surface area contributed by atoms with Crippen LogP contribution in [-0.4, -0.2) is 29.8 Å². The van der Waals surface area contributed by atoms with E-state index in [-0.39, 0.29) is 17.9 Å². The van der Waals surface area contributed by atoms with Crippen LogP contribution in [-0.2, 0) is 4.79 Å². The quantitative estimate of drug-likeness (QED) is 0.637. The Kier molecular flexibility index (Phi) is 4.74. The summed E-state index contributed by atoms with van der Waals surface area (Å²) >= 11 is 12.6. The van der Waals surface area contributed by atoms with E-state index in [4.69, 9.17) is 23.2 Å². The number of carbonyl (C=O) groups is 1. The van der Waals surface area contributed by atoms with Crippen LogP contribution >= 0.6 is 23.2 Å². The first-order chi connectivity index (χ1) is 12.6. The molecule has 2 aliphatic rings. The molecule has 2 aromatic carbocycles. The van der Waals surface area contributed by atoms with E-state index in [2.05, 4.69) is 11.9 Å². The Hall–Kier alpha value is -1.87. The topological polar surface area (TPSA) is 20.3 Å². The molecule has 2 fully saturated rings. The van der Waals surface area contributed by atoms with Crippen molar-refractivity contribution in [2.24, 2.45) is 0 Å². The highest BCUT2D eigenvalue weighted by Crippen LogP contribution is 2.41. The number of hydrogen-bond donors (Lipinski definition) is 0. The maximum atomic E-state index is 13.3. The van der Waals surface area contributed by atoms with Crippen molar-refractivity contribution in [1.29, 1.82) is 0 Å². The molecule has 132 valence electrons. The lowest BCUT2D eigenvalue weighted by molar-refractivity contribution is -0.114. The van der Waals surface area contributed by atoms with Crippen molar-refractivity contribution in [1.82, 2.24) is 4.90 Å². The number of rotatable bonds is 2. The summed E-state index contributed by atoms with van der Waals surface area (Å²) < 4.78 is 0. The third-order valence-corrected chi connectivity index (χ3v) is 6.06. The molecule has 4 rings (SSSR count). The van der Waals surface area contributed by atoms with Gasteiger partial charge in [-0.1, -0.05) is 59.6 Å². The number of hydrogen-bond acceptors (Lipinski definition) is 2. The first-order valence-corrected chi connectivity index (χ1v) is 9.50. The summed E-state index contributed by atoms with van der Waals surface area (Å²) in [6.45, 7) is 0. The molecule has 26 heavy (non-hydrogen) atoms. The van der Waals surface area contributed by atoms with Crippen molar-refractivity contribution < 1.29 is 4.79 Å². The monoisotopic (exact) mass is 383 g/mol. The number of benzene rings is 2. The minimum Gasteiger partial charge on any atom is -0.292 e. The van der Waals surface area contributed by atoms with Crippen LogP contribution in [0, 0.1) is 0 Å². The number of piperidine rings is 1. The van der Waals surface area contributed by atoms with E-state index < -0.39 is 0 Å². The van der Waals surface area contributed by atoms with E-state index in [1.807, 2.05) is 60.7 Å². The van der Waals surface area contributed by atoms with Crippen LogP contribution in [0.5, 0.6) is 0 Å². The summed E-state index contributed by atoms with van der Waals surface area (Å²) in [5.74, 6) is 0.107. The lowest BCUT2D eigenvalue weighted by atomic mass is 9.88. The zero-order valence-electron chi connectivity index (χ0n) is 14.5. The van der Waals surface area contributed by atoms with Crippen LogP contribution in [0.1, 0.15) is 24.0 Å². The zero-order chi connectivity index (χ0) is 18.3. The van der Waals surface area contributed by atoms with Crippen LogP contribution in [0.2, 0.25) is 10.0 Å². The van der Waals surface area contributed by atoms with Crippen molar-refractivity contribution in [2.45, 2.75) is 24.9 Å². The number of Topliss-reactive ketones (excluding diaryl/α,β-unsaturated/α-hetero) is 1. The molecule has 2 nitrogen and oxygen atoms in total. The predicted octanol–water partition coefficient (Wildman–Crippen LogP) is 5.51. The normalized spacial score (nSPS) is 26.0. The van der Waals surface area contributed by atoms with Crippen LogP contribution in [0.15, 0.2) is 59.7 Å². The van der Waals surface area contributed by atoms with Crippen LogP contribution < -0.4 is 0 Å². The number of fused-ring (bicyclic) bond motifs is 2. The molecule has 2 saturated heterocycles. The highest BCUT2D eigenvalue weighted by atomic mass is 35.5. The fraction of sp³-hybridized carbons (Fsp3) is 0.227. The average Bonchev–Trinajstić information content (AvgIpc) is 2.94. The number of halogens is 2. The second kappa shape index (κ2) is 7.03. The number of nitrogens with zero attached hydrogens (tertiary/aromatic N) is 1. The second-order valence-electron chi connectivity index (χ2n) is 6.85. The first-order valence-electron chi connectivity index (χ1n) is 8.75. The van der Waals surface area contributed by atoms with Crippen molar-refractivity contribution in [3.8, 4) is 0 Å². The fourth-order valence-electron chi connectivity index (χ4n) is 4.00. The van der Waals surface area contributed by atoms with E-state index in [0.717, 1.165) is 35.1 Å². The van der Waals surface area contributed by atoms with E-state index in [0.29, 0.717) is 10.0 Å². The van der Waals surface area contributed by atoms with Gasteiger partial charge in [0.15, 0.2) is 5.78 Å². The summed E-state index contributed by atoms with van der Waals surface area (Å²) in [7, 11) is 2.09. The highest BCUT2D eigenvalue weighted by Gasteiger charge is 2.44. The molecule has 2 aromatic rings. The fourth-order valence-corrected chi connectivity index (χ4v) is 4.38. The molecule has 0 radical (unpaired) electrons. The van der Waals surface area contributed by atoms with Gasteiger partial charge in [0.1, 0.15) is 0 Å². The molecule has 2 heterocycles. The van der Waals surface area contributed by atoms with E-state index >= 15 is 0 Å². The lowest BCUT2D eigenvalue weighted by Gasteiger charge is -2.34. The van der Waals surface area contributed by atoms with Gasteiger partial charge in [0.2, 0.25) is 0 Å². The van der Waals surface area contributed by atoms with Crippen molar-refractivity contribution >= 4 is 41.1 Å². The maximum absolute atomic E-state index is 13.3. The molecule has 0 aliphatic carbocycles. The van der Waals surface area contributed by atoms with Gasteiger partial charge < -0.3 is 0 Å². The molecule has 0 saturated carbocycles. The standard InChI is InChI=1S/C22H19Cl2NO/c1-25-20-10-11-21(25)17(13-15-7-3-5-9-19(15)24)22(26)16(20)12-14-6-2-4-8-18(14)23/h2-9,12-13,20-21H,10-11H2,1H3/b16-12+,17-13+/t20-,21-/m0/s1. The number of carbonyl (C=O) groups excluding carboxylic acids is 1. The third-order valence-electron chi connectivity index (χ3n) is 5.37. The second-order valence-corrected chi connectivity index (χ2v) is 7.66. The Bertz CT molecular complexity index is 858. The first kappa shape index (κ1) is 17.5. The molecule has 2 bridgehead atoms. The van der Waals surface area contributed by atoms with E-state index in [1.54, 1.807) is 0 Å². The predicted molar refractivity (Wildman–Crippen MR) is 108 cm³/mol. The molecule has 0 amide bonds. The molecular weight excluding hydrogens is 365 g/mol.